The summed E-state index contributed by atoms with van der Waals surface area (Å²) in [6.07, 6.45) is 2.78. The van der Waals surface area contributed by atoms with E-state index < -0.39 is 16.1 Å². The van der Waals surface area contributed by atoms with Crippen molar-refractivity contribution in [2.45, 2.75) is 39.7 Å². The molecule has 1 amide bonds. The van der Waals surface area contributed by atoms with Gasteiger partial charge in [-0.05, 0) is 56.9 Å². The smallest absolute Gasteiger partial charge is 0.243 e. The lowest BCUT2D eigenvalue weighted by Crippen LogP contribution is -2.48. The summed E-state index contributed by atoms with van der Waals surface area (Å²) in [5.74, 6) is -0.300. The van der Waals surface area contributed by atoms with Crippen LogP contribution in [0.4, 0.5) is 5.69 Å². The van der Waals surface area contributed by atoms with Crippen LogP contribution in [0.5, 0.6) is 0 Å². The Morgan fingerprint density at radius 1 is 1.07 bits per heavy atom. The number of anilines is 1. The molecule has 0 bridgehead atoms. The third-order valence-electron chi connectivity index (χ3n) is 4.41. The third-order valence-corrected chi connectivity index (χ3v) is 5.65. The van der Waals surface area contributed by atoms with Crippen molar-refractivity contribution in [3.8, 4) is 0 Å². The first-order valence-electron chi connectivity index (χ1n) is 9.08. The van der Waals surface area contributed by atoms with Crippen LogP contribution >= 0.6 is 0 Å². The molecule has 0 saturated carbocycles. The molecule has 0 saturated heterocycles. The zero-order chi connectivity index (χ0) is 20.0. The zero-order valence-electron chi connectivity index (χ0n) is 16.4. The van der Waals surface area contributed by atoms with Crippen molar-refractivity contribution >= 4 is 21.6 Å². The molecule has 2 aromatic carbocycles. The van der Waals surface area contributed by atoms with Crippen molar-refractivity contribution in [2.75, 3.05) is 17.1 Å². The maximum Gasteiger partial charge on any atom is 0.243 e. The third kappa shape index (κ3) is 6.10. The number of nitrogens with one attached hydrogen (secondary N) is 1. The molecule has 1 atom stereocenters. The van der Waals surface area contributed by atoms with E-state index in [0.29, 0.717) is 12.2 Å². The minimum Gasteiger partial charge on any atom is -0.354 e. The molecule has 0 unspecified atom stereocenters. The first-order valence-corrected chi connectivity index (χ1v) is 10.9. The van der Waals surface area contributed by atoms with Crippen molar-refractivity contribution in [3.05, 3.63) is 65.2 Å². The Kier molecular flexibility index (Phi) is 7.02. The van der Waals surface area contributed by atoms with E-state index in [0.717, 1.165) is 24.7 Å². The Bertz CT molecular complexity index is 877. The van der Waals surface area contributed by atoms with Crippen molar-refractivity contribution < 1.29 is 13.2 Å². The van der Waals surface area contributed by atoms with E-state index in [9.17, 15) is 13.2 Å². The second kappa shape index (κ2) is 9.04. The quantitative estimate of drug-likeness (QED) is 0.706. The number of benzene rings is 2. The fraction of sp³-hybridized carbons (Fsp3) is 0.381. The van der Waals surface area contributed by atoms with Crippen LogP contribution < -0.4 is 9.62 Å². The number of hydrogen-bond acceptors (Lipinski definition) is 3. The number of carbonyl (C=O) groups is 1. The van der Waals surface area contributed by atoms with Crippen LogP contribution in [-0.2, 0) is 21.2 Å². The predicted molar refractivity (Wildman–Crippen MR) is 110 cm³/mol. The van der Waals surface area contributed by atoms with Crippen molar-refractivity contribution in [1.82, 2.24) is 5.32 Å². The monoisotopic (exact) mass is 388 g/mol. The summed E-state index contributed by atoms with van der Waals surface area (Å²) >= 11 is 0. The summed E-state index contributed by atoms with van der Waals surface area (Å²) in [6.45, 7) is 6.05. The summed E-state index contributed by atoms with van der Waals surface area (Å²) in [5.41, 5.74) is 3.88. The Morgan fingerprint density at radius 3 is 2.33 bits per heavy atom. The van der Waals surface area contributed by atoms with Gasteiger partial charge in [-0.1, -0.05) is 42.0 Å². The number of nitrogens with zero attached hydrogens (tertiary/aromatic N) is 1. The second-order valence-corrected chi connectivity index (χ2v) is 8.81. The van der Waals surface area contributed by atoms with E-state index >= 15 is 0 Å². The zero-order valence-corrected chi connectivity index (χ0v) is 17.2. The molecule has 2 rings (SSSR count). The Morgan fingerprint density at radius 2 is 1.74 bits per heavy atom. The number of rotatable bonds is 8. The maximum absolute atomic E-state index is 12.5. The molecule has 0 aliphatic heterocycles. The molecule has 27 heavy (non-hydrogen) atoms. The molecular formula is C21H28N2O3S. The van der Waals surface area contributed by atoms with Gasteiger partial charge in [-0.25, -0.2) is 8.42 Å². The molecule has 1 N–H and O–H groups in total. The molecule has 0 aliphatic rings. The summed E-state index contributed by atoms with van der Waals surface area (Å²) < 4.78 is 25.7. The van der Waals surface area contributed by atoms with Gasteiger partial charge in [0, 0.05) is 6.54 Å². The average Bonchev–Trinajstić information content (AvgIpc) is 2.59. The molecule has 6 heteroatoms. The first kappa shape index (κ1) is 21.0. The van der Waals surface area contributed by atoms with Gasteiger partial charge in [0.05, 0.1) is 11.9 Å². The number of hydrogen-bond donors (Lipinski definition) is 1. The molecule has 2 aromatic rings. The number of aryl methyl sites for hydroxylation is 3. The highest BCUT2D eigenvalue weighted by Crippen LogP contribution is 2.21. The van der Waals surface area contributed by atoms with E-state index in [1.54, 1.807) is 25.1 Å². The van der Waals surface area contributed by atoms with Crippen LogP contribution in [0.2, 0.25) is 0 Å². The molecule has 0 fully saturated rings. The van der Waals surface area contributed by atoms with Gasteiger partial charge in [-0.15, -0.1) is 0 Å². The van der Waals surface area contributed by atoms with Crippen molar-refractivity contribution in [2.24, 2.45) is 0 Å². The summed E-state index contributed by atoms with van der Waals surface area (Å²) in [6, 6.07) is 14.6. The predicted octanol–water partition coefficient (Wildman–Crippen LogP) is 3.21. The lowest BCUT2D eigenvalue weighted by Gasteiger charge is -2.28. The summed E-state index contributed by atoms with van der Waals surface area (Å²) in [4.78, 5) is 12.5. The van der Waals surface area contributed by atoms with Crippen LogP contribution in [0.15, 0.2) is 48.5 Å². The first-order chi connectivity index (χ1) is 12.7. The van der Waals surface area contributed by atoms with Crippen LogP contribution in [-0.4, -0.2) is 33.2 Å². The van der Waals surface area contributed by atoms with Gasteiger partial charge < -0.3 is 5.32 Å². The number of carbonyl (C=O) groups excluding carboxylic acids is 1. The van der Waals surface area contributed by atoms with Gasteiger partial charge in [0.25, 0.3) is 0 Å². The lowest BCUT2D eigenvalue weighted by molar-refractivity contribution is -0.121. The summed E-state index contributed by atoms with van der Waals surface area (Å²) in [7, 11) is -3.58. The standard InChI is InChI=1S/C21H28N2O3S/c1-16-10-12-19(13-11-16)8-6-14-22-21(24)18(3)23(27(4,25)26)20-9-5-7-17(2)15-20/h5,7,9-13,15,18H,6,8,14H2,1-4H3,(H,22,24)/t18-/m1/s1. The highest BCUT2D eigenvalue weighted by molar-refractivity contribution is 7.92. The van der Waals surface area contributed by atoms with E-state index in [2.05, 4.69) is 29.6 Å². The van der Waals surface area contributed by atoms with Crippen LogP contribution in [0.3, 0.4) is 0 Å². The van der Waals surface area contributed by atoms with Gasteiger partial charge in [-0.3, -0.25) is 9.10 Å². The Hall–Kier alpha value is -2.34. The van der Waals surface area contributed by atoms with Crippen LogP contribution in [0, 0.1) is 13.8 Å². The van der Waals surface area contributed by atoms with Gasteiger partial charge in [0.1, 0.15) is 6.04 Å². The average molecular weight is 389 g/mol. The number of amides is 1. The van der Waals surface area contributed by atoms with Gasteiger partial charge >= 0.3 is 0 Å². The van der Waals surface area contributed by atoms with Crippen molar-refractivity contribution in [1.29, 1.82) is 0 Å². The van der Waals surface area contributed by atoms with E-state index in [4.69, 9.17) is 0 Å². The fourth-order valence-electron chi connectivity index (χ4n) is 2.98. The van der Waals surface area contributed by atoms with E-state index in [1.807, 2.05) is 19.9 Å². The van der Waals surface area contributed by atoms with Crippen LogP contribution in [0.25, 0.3) is 0 Å². The van der Waals surface area contributed by atoms with E-state index in [-0.39, 0.29) is 5.91 Å². The van der Waals surface area contributed by atoms with Gasteiger partial charge in [-0.2, -0.15) is 0 Å². The highest BCUT2D eigenvalue weighted by atomic mass is 32.2. The van der Waals surface area contributed by atoms with Gasteiger partial charge in [0.2, 0.25) is 15.9 Å². The lowest BCUT2D eigenvalue weighted by atomic mass is 10.1. The molecular weight excluding hydrogens is 360 g/mol. The molecule has 0 heterocycles. The topological polar surface area (TPSA) is 66.5 Å². The minimum absolute atomic E-state index is 0.300. The minimum atomic E-state index is -3.58. The van der Waals surface area contributed by atoms with Crippen molar-refractivity contribution in [3.63, 3.8) is 0 Å². The normalized spacial score (nSPS) is 12.4. The molecule has 5 nitrogen and oxygen atoms in total. The summed E-state index contributed by atoms with van der Waals surface area (Å²) in [5, 5.41) is 2.86. The molecule has 0 aliphatic carbocycles. The highest BCUT2D eigenvalue weighted by Gasteiger charge is 2.28. The maximum atomic E-state index is 12.5. The van der Waals surface area contributed by atoms with Crippen LogP contribution in [0.1, 0.15) is 30.0 Å². The largest absolute Gasteiger partial charge is 0.354 e. The molecule has 146 valence electrons. The fourth-order valence-corrected chi connectivity index (χ4v) is 4.15. The Balaban J connectivity index is 1.97. The van der Waals surface area contributed by atoms with E-state index in [1.165, 1.54) is 15.4 Å². The second-order valence-electron chi connectivity index (χ2n) is 6.95. The molecule has 0 aromatic heterocycles. The number of sulfonamides is 1. The Labute approximate surface area is 162 Å². The molecule has 0 radical (unpaired) electrons. The van der Waals surface area contributed by atoms with Gasteiger partial charge in [0.15, 0.2) is 0 Å². The SMILES string of the molecule is Cc1ccc(CCCNC(=O)[C@@H](C)N(c2cccc(C)c2)S(C)(=O)=O)cc1. The molecule has 0 spiro atoms.